The van der Waals surface area contributed by atoms with Crippen LogP contribution in [0.15, 0.2) is 0 Å². The van der Waals surface area contributed by atoms with E-state index in [1.165, 1.54) is 0 Å². The lowest BCUT2D eigenvalue weighted by Gasteiger charge is -2.01. The first kappa shape index (κ1) is 8.53. The average molecular weight is 157 g/mol. The topological polar surface area (TPSA) is 38.3 Å². The molecule has 1 aliphatic rings. The van der Waals surface area contributed by atoms with Crippen molar-refractivity contribution in [1.82, 2.24) is 5.32 Å². The normalized spacial score (nSPS) is 28.2. The van der Waals surface area contributed by atoms with Crippen molar-refractivity contribution >= 4 is 5.91 Å². The molecular formula is C8H15NO2. The molecule has 64 valence electrons. The fourth-order valence-electron chi connectivity index (χ4n) is 0.997. The number of carbonyl (C=O) groups excluding carboxylic acids is 1. The van der Waals surface area contributed by atoms with Crippen LogP contribution in [0.2, 0.25) is 0 Å². The predicted octanol–water partition coefficient (Wildman–Crippen LogP) is 0.547. The molecule has 1 amide bonds. The maximum absolute atomic E-state index is 11.0. The van der Waals surface area contributed by atoms with Crippen molar-refractivity contribution in [2.24, 2.45) is 5.92 Å². The first-order valence-electron chi connectivity index (χ1n) is 4.02. The SMILES string of the molecule is COCCC(=O)N[C@@H]1C[C@H]1C. The van der Waals surface area contributed by atoms with Crippen LogP contribution < -0.4 is 5.32 Å². The average Bonchev–Trinajstić information content (AvgIpc) is 2.62. The third-order valence-corrected chi connectivity index (χ3v) is 1.99. The van der Waals surface area contributed by atoms with Crippen molar-refractivity contribution < 1.29 is 9.53 Å². The molecule has 0 aromatic heterocycles. The third kappa shape index (κ3) is 2.89. The van der Waals surface area contributed by atoms with Crippen molar-refractivity contribution in [3.8, 4) is 0 Å². The summed E-state index contributed by atoms with van der Waals surface area (Å²) in [5.74, 6) is 0.794. The highest BCUT2D eigenvalue weighted by molar-refractivity contribution is 5.76. The van der Waals surface area contributed by atoms with Crippen molar-refractivity contribution in [3.63, 3.8) is 0 Å². The zero-order chi connectivity index (χ0) is 8.27. The van der Waals surface area contributed by atoms with Crippen LogP contribution in [-0.2, 0) is 9.53 Å². The molecule has 2 atom stereocenters. The summed E-state index contributed by atoms with van der Waals surface area (Å²) in [5.41, 5.74) is 0. The van der Waals surface area contributed by atoms with Crippen LogP contribution in [0.3, 0.4) is 0 Å². The van der Waals surface area contributed by atoms with Gasteiger partial charge in [-0.15, -0.1) is 0 Å². The summed E-state index contributed by atoms with van der Waals surface area (Å²) in [6.45, 7) is 2.66. The summed E-state index contributed by atoms with van der Waals surface area (Å²) in [7, 11) is 1.60. The monoisotopic (exact) mass is 157 g/mol. The van der Waals surface area contributed by atoms with Gasteiger partial charge in [0, 0.05) is 19.6 Å². The van der Waals surface area contributed by atoms with Gasteiger partial charge in [-0.1, -0.05) is 6.92 Å². The number of amides is 1. The number of ether oxygens (including phenoxy) is 1. The lowest BCUT2D eigenvalue weighted by Crippen LogP contribution is -2.27. The Morgan fingerprint density at radius 1 is 1.73 bits per heavy atom. The van der Waals surface area contributed by atoms with E-state index in [0.717, 1.165) is 6.42 Å². The number of hydrogen-bond donors (Lipinski definition) is 1. The molecule has 0 aromatic carbocycles. The molecule has 3 heteroatoms. The molecule has 1 aliphatic carbocycles. The van der Waals surface area contributed by atoms with Gasteiger partial charge in [0.05, 0.1) is 6.61 Å². The standard InChI is InChI=1S/C8H15NO2/c1-6-5-7(6)9-8(10)3-4-11-2/h6-7H,3-5H2,1-2H3,(H,9,10)/t6-,7-/m1/s1. The van der Waals surface area contributed by atoms with Gasteiger partial charge < -0.3 is 10.1 Å². The summed E-state index contributed by atoms with van der Waals surface area (Å²) < 4.78 is 4.78. The largest absolute Gasteiger partial charge is 0.384 e. The predicted molar refractivity (Wildman–Crippen MR) is 42.2 cm³/mol. The molecule has 0 radical (unpaired) electrons. The van der Waals surface area contributed by atoms with E-state index in [1.807, 2.05) is 0 Å². The molecule has 0 aromatic rings. The van der Waals surface area contributed by atoms with Gasteiger partial charge in [-0.3, -0.25) is 4.79 Å². The summed E-state index contributed by atoms with van der Waals surface area (Å²) in [4.78, 5) is 11.0. The Morgan fingerprint density at radius 2 is 2.36 bits per heavy atom. The Morgan fingerprint density at radius 3 is 2.82 bits per heavy atom. The van der Waals surface area contributed by atoms with E-state index < -0.39 is 0 Å². The molecule has 1 fully saturated rings. The lowest BCUT2D eigenvalue weighted by atomic mass is 10.4. The van der Waals surface area contributed by atoms with E-state index in [2.05, 4.69) is 12.2 Å². The molecule has 11 heavy (non-hydrogen) atoms. The molecule has 1 rings (SSSR count). The zero-order valence-electron chi connectivity index (χ0n) is 7.09. The van der Waals surface area contributed by atoms with Crippen LogP contribution in [0.1, 0.15) is 19.8 Å². The van der Waals surface area contributed by atoms with Gasteiger partial charge in [0.2, 0.25) is 5.91 Å². The fraction of sp³-hybridized carbons (Fsp3) is 0.875. The summed E-state index contributed by atoms with van der Waals surface area (Å²) in [6, 6.07) is 0.444. The van der Waals surface area contributed by atoms with Gasteiger partial charge in [-0.2, -0.15) is 0 Å². The summed E-state index contributed by atoms with van der Waals surface area (Å²) in [5, 5.41) is 2.92. The summed E-state index contributed by atoms with van der Waals surface area (Å²) >= 11 is 0. The molecule has 0 spiro atoms. The molecule has 0 saturated heterocycles. The highest BCUT2D eigenvalue weighted by atomic mass is 16.5. The number of methoxy groups -OCH3 is 1. The van der Waals surface area contributed by atoms with E-state index in [1.54, 1.807) is 7.11 Å². The van der Waals surface area contributed by atoms with Crippen LogP contribution in [0.25, 0.3) is 0 Å². The van der Waals surface area contributed by atoms with Crippen molar-refractivity contribution in [2.75, 3.05) is 13.7 Å². The van der Waals surface area contributed by atoms with Gasteiger partial charge in [0.15, 0.2) is 0 Å². The maximum Gasteiger partial charge on any atom is 0.222 e. The molecule has 1 saturated carbocycles. The Hall–Kier alpha value is -0.570. The second kappa shape index (κ2) is 3.72. The maximum atomic E-state index is 11.0. The highest BCUT2D eigenvalue weighted by Crippen LogP contribution is 2.28. The van der Waals surface area contributed by atoms with Gasteiger partial charge >= 0.3 is 0 Å². The number of nitrogens with one attached hydrogen (secondary N) is 1. The molecule has 3 nitrogen and oxygen atoms in total. The van der Waals surface area contributed by atoms with Crippen LogP contribution in [0.4, 0.5) is 0 Å². The molecule has 0 unspecified atom stereocenters. The van der Waals surface area contributed by atoms with Gasteiger partial charge in [-0.05, 0) is 12.3 Å². The first-order chi connectivity index (χ1) is 5.24. The zero-order valence-corrected chi connectivity index (χ0v) is 7.09. The Labute approximate surface area is 67.1 Å². The second-order valence-corrected chi connectivity index (χ2v) is 3.13. The Kier molecular flexibility index (Phi) is 2.88. The third-order valence-electron chi connectivity index (χ3n) is 1.99. The highest BCUT2D eigenvalue weighted by Gasteiger charge is 2.33. The molecule has 0 bridgehead atoms. The Balaban J connectivity index is 2.02. The van der Waals surface area contributed by atoms with Gasteiger partial charge in [-0.25, -0.2) is 0 Å². The van der Waals surface area contributed by atoms with Crippen LogP contribution in [-0.4, -0.2) is 25.7 Å². The quantitative estimate of drug-likeness (QED) is 0.647. The van der Waals surface area contributed by atoms with E-state index in [0.29, 0.717) is 25.0 Å². The van der Waals surface area contributed by atoms with E-state index >= 15 is 0 Å². The van der Waals surface area contributed by atoms with Crippen LogP contribution in [0, 0.1) is 5.92 Å². The minimum Gasteiger partial charge on any atom is -0.384 e. The second-order valence-electron chi connectivity index (χ2n) is 3.13. The van der Waals surface area contributed by atoms with E-state index in [4.69, 9.17) is 4.74 Å². The first-order valence-corrected chi connectivity index (χ1v) is 4.02. The summed E-state index contributed by atoms with van der Waals surface area (Å²) in [6.07, 6.45) is 1.62. The van der Waals surface area contributed by atoms with Crippen molar-refractivity contribution in [2.45, 2.75) is 25.8 Å². The van der Waals surface area contributed by atoms with Crippen molar-refractivity contribution in [3.05, 3.63) is 0 Å². The van der Waals surface area contributed by atoms with Crippen LogP contribution in [0.5, 0.6) is 0 Å². The Bertz CT molecular complexity index is 147. The minimum atomic E-state index is 0.112. The van der Waals surface area contributed by atoms with Gasteiger partial charge in [0.25, 0.3) is 0 Å². The minimum absolute atomic E-state index is 0.112. The molecule has 0 aliphatic heterocycles. The molecular weight excluding hydrogens is 142 g/mol. The molecule has 0 heterocycles. The lowest BCUT2D eigenvalue weighted by molar-refractivity contribution is -0.122. The smallest absolute Gasteiger partial charge is 0.222 e. The van der Waals surface area contributed by atoms with Crippen molar-refractivity contribution in [1.29, 1.82) is 0 Å². The van der Waals surface area contributed by atoms with Gasteiger partial charge in [0.1, 0.15) is 0 Å². The van der Waals surface area contributed by atoms with E-state index in [-0.39, 0.29) is 5.91 Å². The molecule has 1 N–H and O–H groups in total. The number of rotatable bonds is 4. The van der Waals surface area contributed by atoms with E-state index in [9.17, 15) is 4.79 Å². The van der Waals surface area contributed by atoms with Crippen LogP contribution >= 0.6 is 0 Å². The number of hydrogen-bond acceptors (Lipinski definition) is 2. The number of carbonyl (C=O) groups is 1. The fourth-order valence-corrected chi connectivity index (χ4v) is 0.997.